The largest absolute Gasteiger partial charge is 0.436 e. The van der Waals surface area contributed by atoms with Crippen molar-refractivity contribution in [2.24, 2.45) is 0 Å². The molecule has 0 N–H and O–H groups in total. The number of nitrogens with zero attached hydrogens (tertiary/aromatic N) is 6. The van der Waals surface area contributed by atoms with Crippen LogP contribution in [0.5, 0.6) is 5.88 Å². The molecule has 26 heavy (non-hydrogen) atoms. The first-order chi connectivity index (χ1) is 12.2. The minimum atomic E-state index is -4.61. The fourth-order valence-electron chi connectivity index (χ4n) is 2.00. The summed E-state index contributed by atoms with van der Waals surface area (Å²) >= 11 is 11.3. The first kappa shape index (κ1) is 18.1. The number of ether oxygens (including phenoxy) is 1. The van der Waals surface area contributed by atoms with E-state index in [1.165, 1.54) is 18.3 Å². The lowest BCUT2D eigenvalue weighted by atomic mass is 10.4. The van der Waals surface area contributed by atoms with E-state index in [9.17, 15) is 18.0 Å². The summed E-state index contributed by atoms with van der Waals surface area (Å²) in [6.45, 7) is -0.173. The Balaban J connectivity index is 1.95. The lowest BCUT2D eigenvalue weighted by molar-refractivity contribution is -0.141. The van der Waals surface area contributed by atoms with Gasteiger partial charge in [-0.1, -0.05) is 16.8 Å². The molecule has 0 spiro atoms. The molecule has 3 aromatic heterocycles. The lowest BCUT2D eigenvalue weighted by Gasteiger charge is -2.06. The Morgan fingerprint density at radius 1 is 1.35 bits per heavy atom. The standard InChI is InChI=1S/C13H7Cl2F3N6O2/c14-8-2-1-3-19-11(8)24-10(26-12(15)25)4-7(21-24)5-23-6-9(20-22-23)13(16,17)18/h1-4,6H,5H2. The van der Waals surface area contributed by atoms with Gasteiger partial charge in [-0.15, -0.1) is 5.10 Å². The van der Waals surface area contributed by atoms with Crippen LogP contribution in [0.2, 0.25) is 5.02 Å². The van der Waals surface area contributed by atoms with Crippen LogP contribution in [0.15, 0.2) is 30.6 Å². The van der Waals surface area contributed by atoms with E-state index >= 15 is 0 Å². The molecule has 0 fully saturated rings. The van der Waals surface area contributed by atoms with Gasteiger partial charge in [-0.2, -0.15) is 23.0 Å². The van der Waals surface area contributed by atoms with Crippen LogP contribution in [0, 0.1) is 0 Å². The SMILES string of the molecule is O=C(Cl)Oc1cc(Cn2cc(C(F)(F)F)nn2)nn1-c1ncccc1Cl. The van der Waals surface area contributed by atoms with Gasteiger partial charge in [0, 0.05) is 23.9 Å². The molecule has 0 saturated heterocycles. The Kier molecular flexibility index (Phi) is 4.83. The van der Waals surface area contributed by atoms with Gasteiger partial charge in [0.15, 0.2) is 11.5 Å². The highest BCUT2D eigenvalue weighted by Gasteiger charge is 2.34. The maximum Gasteiger partial charge on any atom is 0.436 e. The van der Waals surface area contributed by atoms with Gasteiger partial charge in [0.2, 0.25) is 5.88 Å². The summed E-state index contributed by atoms with van der Waals surface area (Å²) < 4.78 is 44.6. The average molecular weight is 407 g/mol. The summed E-state index contributed by atoms with van der Waals surface area (Å²) in [6, 6.07) is 4.41. The van der Waals surface area contributed by atoms with E-state index in [0.29, 0.717) is 0 Å². The van der Waals surface area contributed by atoms with Gasteiger partial charge in [-0.05, 0) is 12.1 Å². The van der Waals surface area contributed by atoms with Crippen LogP contribution < -0.4 is 4.74 Å². The van der Waals surface area contributed by atoms with Crippen LogP contribution in [0.3, 0.4) is 0 Å². The van der Waals surface area contributed by atoms with Crippen LogP contribution in [0.1, 0.15) is 11.4 Å². The molecule has 3 rings (SSSR count). The molecular formula is C13H7Cl2F3N6O2. The summed E-state index contributed by atoms with van der Waals surface area (Å²) in [5.74, 6) is 0.0275. The number of rotatable bonds is 4. The monoisotopic (exact) mass is 406 g/mol. The highest BCUT2D eigenvalue weighted by Crippen LogP contribution is 2.27. The molecule has 13 heteroatoms. The van der Waals surface area contributed by atoms with Crippen LogP contribution in [0.25, 0.3) is 5.82 Å². The zero-order valence-electron chi connectivity index (χ0n) is 12.5. The number of hydrogen-bond donors (Lipinski definition) is 0. The Labute approximate surface area is 153 Å². The third kappa shape index (κ3) is 3.94. The van der Waals surface area contributed by atoms with E-state index in [4.69, 9.17) is 27.9 Å². The summed E-state index contributed by atoms with van der Waals surface area (Å²) in [7, 11) is 0. The van der Waals surface area contributed by atoms with Crippen molar-refractivity contribution in [3.63, 3.8) is 0 Å². The molecule has 0 aromatic carbocycles. The fourth-order valence-corrected chi connectivity index (χ4v) is 2.28. The Hall–Kier alpha value is -2.66. The maximum absolute atomic E-state index is 12.6. The van der Waals surface area contributed by atoms with E-state index in [-0.39, 0.29) is 29.0 Å². The second-order valence-corrected chi connectivity index (χ2v) is 5.55. The lowest BCUT2D eigenvalue weighted by Crippen LogP contribution is -2.07. The molecule has 0 radical (unpaired) electrons. The van der Waals surface area contributed by atoms with Gasteiger partial charge in [0.05, 0.1) is 23.5 Å². The molecular weight excluding hydrogens is 400 g/mol. The number of carbonyl (C=O) groups is 1. The normalized spacial score (nSPS) is 11.6. The first-order valence-corrected chi connectivity index (χ1v) is 7.54. The highest BCUT2D eigenvalue weighted by molar-refractivity contribution is 6.61. The van der Waals surface area contributed by atoms with Crippen LogP contribution in [0.4, 0.5) is 18.0 Å². The van der Waals surface area contributed by atoms with Crippen molar-refractivity contribution in [1.82, 2.24) is 29.8 Å². The summed E-state index contributed by atoms with van der Waals surface area (Å²) in [4.78, 5) is 15.1. The van der Waals surface area contributed by atoms with E-state index in [0.717, 1.165) is 15.6 Å². The second-order valence-electron chi connectivity index (χ2n) is 4.83. The first-order valence-electron chi connectivity index (χ1n) is 6.78. The zero-order chi connectivity index (χ0) is 18.9. The van der Waals surface area contributed by atoms with E-state index < -0.39 is 17.3 Å². The topological polar surface area (TPSA) is 87.7 Å². The molecule has 0 unspecified atom stereocenters. The van der Waals surface area contributed by atoms with Crippen LogP contribution >= 0.6 is 23.2 Å². The third-order valence-corrected chi connectivity index (χ3v) is 3.38. The quantitative estimate of drug-likeness (QED) is 0.617. The summed E-state index contributed by atoms with van der Waals surface area (Å²) in [5.41, 5.74) is -2.07. The van der Waals surface area contributed by atoms with E-state index in [1.807, 2.05) is 0 Å². The molecule has 0 atom stereocenters. The molecule has 3 aromatic rings. The van der Waals surface area contributed by atoms with Crippen molar-refractivity contribution >= 4 is 28.6 Å². The van der Waals surface area contributed by atoms with Gasteiger partial charge in [-0.25, -0.2) is 14.5 Å². The van der Waals surface area contributed by atoms with Crippen molar-refractivity contribution in [3.8, 4) is 11.7 Å². The molecule has 0 bridgehead atoms. The van der Waals surface area contributed by atoms with Gasteiger partial charge < -0.3 is 4.74 Å². The van der Waals surface area contributed by atoms with Gasteiger partial charge >= 0.3 is 11.6 Å². The number of aromatic nitrogens is 6. The average Bonchev–Trinajstić information content (AvgIpc) is 3.15. The summed E-state index contributed by atoms with van der Waals surface area (Å²) in [5, 5.41) is 10.8. The Bertz CT molecular complexity index is 956. The maximum atomic E-state index is 12.6. The van der Waals surface area contributed by atoms with Crippen molar-refractivity contribution < 1.29 is 22.7 Å². The molecule has 0 aliphatic rings. The number of hydrogen-bond acceptors (Lipinski definition) is 6. The smallest absolute Gasteiger partial charge is 0.395 e. The van der Waals surface area contributed by atoms with Crippen LogP contribution in [-0.4, -0.2) is 35.2 Å². The van der Waals surface area contributed by atoms with E-state index in [2.05, 4.69) is 20.4 Å². The minimum Gasteiger partial charge on any atom is -0.395 e. The molecule has 136 valence electrons. The number of carbonyl (C=O) groups excluding carboxylic acids is 1. The Morgan fingerprint density at radius 3 is 2.73 bits per heavy atom. The van der Waals surface area contributed by atoms with Gasteiger partial charge in [0.1, 0.15) is 0 Å². The Morgan fingerprint density at radius 2 is 2.12 bits per heavy atom. The van der Waals surface area contributed by atoms with Gasteiger partial charge in [-0.3, -0.25) is 0 Å². The minimum absolute atomic E-state index is 0.114. The molecule has 0 amide bonds. The number of halogens is 5. The molecule has 0 aliphatic carbocycles. The summed E-state index contributed by atoms with van der Waals surface area (Å²) in [6.07, 6.45) is -2.46. The molecule has 3 heterocycles. The predicted octanol–water partition coefficient (Wildman–Crippen LogP) is 3.32. The number of alkyl halides is 3. The number of pyridine rings is 1. The van der Waals surface area contributed by atoms with Crippen molar-refractivity contribution in [2.75, 3.05) is 0 Å². The van der Waals surface area contributed by atoms with Crippen molar-refractivity contribution in [2.45, 2.75) is 12.7 Å². The van der Waals surface area contributed by atoms with Crippen molar-refractivity contribution in [1.29, 1.82) is 0 Å². The van der Waals surface area contributed by atoms with Crippen LogP contribution in [-0.2, 0) is 12.7 Å². The highest BCUT2D eigenvalue weighted by atomic mass is 35.5. The molecule has 0 aliphatic heterocycles. The fraction of sp³-hybridized carbons (Fsp3) is 0.154. The molecule has 8 nitrogen and oxygen atoms in total. The molecule has 0 saturated carbocycles. The van der Waals surface area contributed by atoms with Crippen molar-refractivity contribution in [3.05, 3.63) is 47.0 Å². The van der Waals surface area contributed by atoms with E-state index in [1.54, 1.807) is 6.07 Å². The second kappa shape index (κ2) is 6.92. The zero-order valence-corrected chi connectivity index (χ0v) is 14.0. The predicted molar refractivity (Wildman–Crippen MR) is 82.4 cm³/mol. The van der Waals surface area contributed by atoms with Gasteiger partial charge in [0.25, 0.3) is 0 Å². The third-order valence-electron chi connectivity index (χ3n) is 3.00.